The Bertz CT molecular complexity index is 559. The molecule has 0 amide bonds. The molecule has 1 heterocycles. The molecule has 2 aromatic rings. The number of aryl methyl sites for hydroxylation is 1. The van der Waals surface area contributed by atoms with E-state index in [2.05, 4.69) is 67.4 Å². The van der Waals surface area contributed by atoms with Gasteiger partial charge in [-0.25, -0.2) is 9.67 Å². The van der Waals surface area contributed by atoms with Gasteiger partial charge in [0.05, 0.1) is 0 Å². The van der Waals surface area contributed by atoms with Gasteiger partial charge in [-0.2, -0.15) is 5.10 Å². The lowest BCUT2D eigenvalue weighted by atomic mass is 9.98. The molecule has 0 aliphatic heterocycles. The van der Waals surface area contributed by atoms with Crippen LogP contribution in [0.3, 0.4) is 0 Å². The second kappa shape index (κ2) is 7.36. The molecule has 0 aliphatic rings. The zero-order valence-electron chi connectivity index (χ0n) is 13.5. The van der Waals surface area contributed by atoms with Crippen molar-refractivity contribution >= 4 is 0 Å². The fourth-order valence-electron chi connectivity index (χ4n) is 2.62. The first-order chi connectivity index (χ1) is 10.1. The topological polar surface area (TPSA) is 42.7 Å². The van der Waals surface area contributed by atoms with Gasteiger partial charge in [-0.05, 0) is 44.9 Å². The number of aromatic nitrogens is 3. The molecule has 1 N–H and O–H groups in total. The van der Waals surface area contributed by atoms with Gasteiger partial charge in [-0.15, -0.1) is 0 Å². The Morgan fingerprint density at radius 3 is 2.67 bits per heavy atom. The zero-order valence-corrected chi connectivity index (χ0v) is 13.5. The molecule has 0 saturated heterocycles. The summed E-state index contributed by atoms with van der Waals surface area (Å²) in [5, 5.41) is 7.99. The van der Waals surface area contributed by atoms with Gasteiger partial charge in [0, 0.05) is 18.5 Å². The number of nitrogens with one attached hydrogen (secondary N) is 1. The molecular formula is C17H26N4. The van der Waals surface area contributed by atoms with Crippen LogP contribution in [-0.4, -0.2) is 21.3 Å². The normalized spacial score (nSPS) is 12.8. The van der Waals surface area contributed by atoms with Crippen molar-refractivity contribution in [2.24, 2.45) is 0 Å². The molecule has 4 nitrogen and oxygen atoms in total. The van der Waals surface area contributed by atoms with Crippen molar-refractivity contribution in [2.45, 2.75) is 52.6 Å². The number of rotatable bonds is 7. The molecule has 114 valence electrons. The van der Waals surface area contributed by atoms with E-state index < -0.39 is 0 Å². The summed E-state index contributed by atoms with van der Waals surface area (Å²) in [7, 11) is 0. The highest BCUT2D eigenvalue weighted by Crippen LogP contribution is 2.22. The van der Waals surface area contributed by atoms with Crippen LogP contribution in [0.2, 0.25) is 0 Å². The van der Waals surface area contributed by atoms with Gasteiger partial charge in [0.25, 0.3) is 0 Å². The van der Waals surface area contributed by atoms with E-state index in [-0.39, 0.29) is 6.04 Å². The summed E-state index contributed by atoms with van der Waals surface area (Å²) in [5.74, 6) is 1.04. The highest BCUT2D eigenvalue weighted by atomic mass is 15.3. The third kappa shape index (κ3) is 3.91. The van der Waals surface area contributed by atoms with Crippen LogP contribution in [0.25, 0.3) is 0 Å². The minimum atomic E-state index is 0.285. The van der Waals surface area contributed by atoms with Crippen molar-refractivity contribution in [1.29, 1.82) is 0 Å². The first-order valence-electron chi connectivity index (χ1n) is 7.80. The average Bonchev–Trinajstić information content (AvgIpc) is 2.92. The molecular weight excluding hydrogens is 260 g/mol. The van der Waals surface area contributed by atoms with Gasteiger partial charge < -0.3 is 5.32 Å². The highest BCUT2D eigenvalue weighted by Gasteiger charge is 2.17. The van der Waals surface area contributed by atoms with Crippen molar-refractivity contribution in [3.05, 3.63) is 47.5 Å². The van der Waals surface area contributed by atoms with Crippen LogP contribution in [0.15, 0.2) is 30.6 Å². The molecule has 4 heteroatoms. The molecule has 1 unspecified atom stereocenters. The lowest BCUT2D eigenvalue weighted by Crippen LogP contribution is -2.26. The monoisotopic (exact) mass is 286 g/mol. The fraction of sp³-hybridized carbons (Fsp3) is 0.529. The van der Waals surface area contributed by atoms with E-state index in [4.69, 9.17) is 0 Å². The van der Waals surface area contributed by atoms with Crippen LogP contribution in [0.4, 0.5) is 0 Å². The molecule has 0 bridgehead atoms. The number of hydrogen-bond donors (Lipinski definition) is 1. The molecule has 1 aromatic heterocycles. The molecule has 0 radical (unpaired) electrons. The van der Waals surface area contributed by atoms with Crippen molar-refractivity contribution < 1.29 is 0 Å². The largest absolute Gasteiger partial charge is 0.310 e. The maximum Gasteiger partial charge on any atom is 0.138 e. The Hall–Kier alpha value is -1.68. The Balaban J connectivity index is 2.24. The molecule has 0 saturated carbocycles. The predicted molar refractivity (Wildman–Crippen MR) is 86.3 cm³/mol. The Morgan fingerprint density at radius 1 is 1.24 bits per heavy atom. The van der Waals surface area contributed by atoms with E-state index in [1.165, 1.54) is 11.1 Å². The zero-order chi connectivity index (χ0) is 15.2. The summed E-state index contributed by atoms with van der Waals surface area (Å²) in [5.41, 5.74) is 2.67. The average molecular weight is 286 g/mol. The summed E-state index contributed by atoms with van der Waals surface area (Å²) in [6, 6.07) is 9.20. The van der Waals surface area contributed by atoms with Gasteiger partial charge in [0.1, 0.15) is 12.2 Å². The molecule has 0 aliphatic carbocycles. The summed E-state index contributed by atoms with van der Waals surface area (Å²) >= 11 is 0. The molecule has 21 heavy (non-hydrogen) atoms. The first kappa shape index (κ1) is 15.7. The van der Waals surface area contributed by atoms with E-state index in [1.807, 2.05) is 4.68 Å². The minimum Gasteiger partial charge on any atom is -0.310 e. The van der Waals surface area contributed by atoms with Gasteiger partial charge in [-0.1, -0.05) is 31.2 Å². The minimum absolute atomic E-state index is 0.285. The maximum atomic E-state index is 4.45. The van der Waals surface area contributed by atoms with E-state index in [0.717, 1.165) is 25.2 Å². The predicted octanol–water partition coefficient (Wildman–Crippen LogP) is 3.45. The van der Waals surface area contributed by atoms with Crippen LogP contribution in [0.5, 0.6) is 0 Å². The van der Waals surface area contributed by atoms with Crippen LogP contribution < -0.4 is 5.32 Å². The van der Waals surface area contributed by atoms with Crippen LogP contribution in [0.1, 0.15) is 56.2 Å². The maximum absolute atomic E-state index is 4.45. The SMILES string of the molecule is CCCNC(Cc1ncnn1C(C)C)c1ccccc1C. The Kier molecular flexibility index (Phi) is 5.51. The van der Waals surface area contributed by atoms with Gasteiger partial charge in [0.15, 0.2) is 0 Å². The lowest BCUT2D eigenvalue weighted by Gasteiger charge is -2.21. The molecule has 1 aromatic carbocycles. The van der Waals surface area contributed by atoms with E-state index in [1.54, 1.807) is 6.33 Å². The number of benzene rings is 1. The van der Waals surface area contributed by atoms with Gasteiger partial charge in [0.2, 0.25) is 0 Å². The van der Waals surface area contributed by atoms with Crippen molar-refractivity contribution in [3.8, 4) is 0 Å². The summed E-state index contributed by atoms with van der Waals surface area (Å²) in [6.45, 7) is 9.65. The standard InChI is InChI=1S/C17H26N4/c1-5-10-18-16(15-9-7-6-8-14(15)4)11-17-19-12-20-21(17)13(2)3/h6-9,12-13,16,18H,5,10-11H2,1-4H3. The second-order valence-corrected chi connectivity index (χ2v) is 5.78. The first-order valence-corrected chi connectivity index (χ1v) is 7.80. The van der Waals surface area contributed by atoms with Crippen LogP contribution in [0, 0.1) is 6.92 Å². The summed E-state index contributed by atoms with van der Waals surface area (Å²) < 4.78 is 2.01. The second-order valence-electron chi connectivity index (χ2n) is 5.78. The summed E-state index contributed by atoms with van der Waals surface area (Å²) in [6.07, 6.45) is 3.65. The lowest BCUT2D eigenvalue weighted by molar-refractivity contribution is 0.462. The van der Waals surface area contributed by atoms with E-state index in [9.17, 15) is 0 Å². The van der Waals surface area contributed by atoms with Crippen molar-refractivity contribution in [3.63, 3.8) is 0 Å². The van der Waals surface area contributed by atoms with E-state index in [0.29, 0.717) is 6.04 Å². The smallest absolute Gasteiger partial charge is 0.138 e. The molecule has 0 spiro atoms. The van der Waals surface area contributed by atoms with Gasteiger partial charge in [-0.3, -0.25) is 0 Å². The van der Waals surface area contributed by atoms with Crippen molar-refractivity contribution in [2.75, 3.05) is 6.54 Å². The van der Waals surface area contributed by atoms with Crippen LogP contribution >= 0.6 is 0 Å². The highest BCUT2D eigenvalue weighted by molar-refractivity contribution is 5.29. The third-order valence-electron chi connectivity index (χ3n) is 3.73. The number of nitrogens with zero attached hydrogens (tertiary/aromatic N) is 3. The molecule has 2 rings (SSSR count). The Labute approximate surface area is 127 Å². The van der Waals surface area contributed by atoms with Crippen LogP contribution in [-0.2, 0) is 6.42 Å². The summed E-state index contributed by atoms with van der Waals surface area (Å²) in [4.78, 5) is 4.45. The number of hydrogen-bond acceptors (Lipinski definition) is 3. The van der Waals surface area contributed by atoms with E-state index >= 15 is 0 Å². The molecule has 0 fully saturated rings. The quantitative estimate of drug-likeness (QED) is 0.847. The van der Waals surface area contributed by atoms with Gasteiger partial charge >= 0.3 is 0 Å². The third-order valence-corrected chi connectivity index (χ3v) is 3.73. The fourth-order valence-corrected chi connectivity index (χ4v) is 2.62. The van der Waals surface area contributed by atoms with Crippen molar-refractivity contribution in [1.82, 2.24) is 20.1 Å². The molecule has 1 atom stereocenters. The Morgan fingerprint density at radius 2 is 2.00 bits per heavy atom.